The molecule has 2 heteroatoms. The lowest BCUT2D eigenvalue weighted by molar-refractivity contribution is 0.793. The molecule has 0 atom stereocenters. The van der Waals surface area contributed by atoms with Crippen molar-refractivity contribution in [1.82, 2.24) is 4.57 Å². The molecule has 0 bridgehead atoms. The Morgan fingerprint density at radius 2 is 0.754 bits per heavy atom. The van der Waals surface area contributed by atoms with E-state index < -0.39 is 5.41 Å². The molecule has 0 fully saturated rings. The molecular weight excluding hydrogens is 785 g/mol. The summed E-state index contributed by atoms with van der Waals surface area (Å²) < 4.78 is 2.46. The first-order chi connectivity index (χ1) is 32.3. The second-order valence-corrected chi connectivity index (χ2v) is 17.5. The molecule has 1 heterocycles. The Morgan fingerprint density at radius 1 is 0.308 bits per heavy atom. The summed E-state index contributed by atoms with van der Waals surface area (Å²) in [6, 6.07) is 89.8. The van der Waals surface area contributed by atoms with Crippen molar-refractivity contribution >= 4 is 60.4 Å². The monoisotopic (exact) mass is 824 g/mol. The number of para-hydroxylation sites is 2. The average Bonchev–Trinajstić information content (AvgIpc) is 4.00. The van der Waals surface area contributed by atoms with Gasteiger partial charge in [0, 0.05) is 38.9 Å². The van der Waals surface area contributed by atoms with E-state index in [0.717, 1.165) is 22.7 Å². The van der Waals surface area contributed by atoms with Crippen LogP contribution in [0.2, 0.25) is 0 Å². The molecule has 302 valence electrons. The highest BCUT2D eigenvalue weighted by molar-refractivity contribution is 6.32. The van der Waals surface area contributed by atoms with Gasteiger partial charge in [0.05, 0.1) is 16.4 Å². The Kier molecular flexibility index (Phi) is 7.64. The minimum absolute atomic E-state index is 0.409. The van der Waals surface area contributed by atoms with Crippen molar-refractivity contribution in [2.45, 2.75) is 5.41 Å². The van der Waals surface area contributed by atoms with Gasteiger partial charge in [-0.2, -0.15) is 0 Å². The molecular formula is C63H40N2. The van der Waals surface area contributed by atoms with Crippen molar-refractivity contribution in [2.24, 2.45) is 0 Å². The standard InChI is InChI=1S/C63H40N2/c1-2-16-43(17-3-1)64(46-38-39-52-51-22-10-14-28-58(51)63(59(52)40-46)56-26-12-8-20-49(56)50-21-9-13-27-57(50)63)44-34-30-41(31-35-44)42-32-36-45(37-33-42)65-60-29-15-11-25-55(60)61-53-23-6-4-18-47(53)48-19-5-7-24-54(48)62(61)65/h1-40H. The van der Waals surface area contributed by atoms with Crippen LogP contribution in [-0.4, -0.2) is 4.57 Å². The van der Waals surface area contributed by atoms with Gasteiger partial charge < -0.3 is 9.47 Å². The van der Waals surface area contributed by atoms with Crippen molar-refractivity contribution in [3.63, 3.8) is 0 Å². The van der Waals surface area contributed by atoms with Gasteiger partial charge in [-0.3, -0.25) is 0 Å². The Balaban J connectivity index is 0.882. The van der Waals surface area contributed by atoms with Crippen molar-refractivity contribution in [3.8, 4) is 39.1 Å². The number of hydrogen-bond donors (Lipinski definition) is 0. The SMILES string of the molecule is c1ccc(N(c2ccc(-c3ccc(-n4c5ccccc5c5c6ccccc6c6ccccc6c54)cc3)cc2)c2ccc3c(c2)C2(c4ccccc4-c4ccccc42)c2ccccc2-3)cc1. The van der Waals surface area contributed by atoms with E-state index in [1.807, 2.05) is 0 Å². The smallest absolute Gasteiger partial charge is 0.0726 e. The normalized spacial score (nSPS) is 13.0. The van der Waals surface area contributed by atoms with Gasteiger partial charge >= 0.3 is 0 Å². The van der Waals surface area contributed by atoms with E-state index in [-0.39, 0.29) is 0 Å². The molecule has 0 N–H and O–H groups in total. The Morgan fingerprint density at radius 3 is 1.38 bits per heavy atom. The fraction of sp³-hybridized carbons (Fsp3) is 0.0159. The maximum atomic E-state index is 2.47. The molecule has 11 aromatic carbocycles. The molecule has 0 saturated carbocycles. The molecule has 0 saturated heterocycles. The molecule has 65 heavy (non-hydrogen) atoms. The van der Waals surface area contributed by atoms with Crippen LogP contribution in [0, 0.1) is 0 Å². The molecule has 12 aromatic rings. The number of hydrogen-bond acceptors (Lipinski definition) is 1. The van der Waals surface area contributed by atoms with E-state index in [0.29, 0.717) is 0 Å². The summed E-state index contributed by atoms with van der Waals surface area (Å²) in [6.45, 7) is 0. The zero-order chi connectivity index (χ0) is 42.6. The van der Waals surface area contributed by atoms with Gasteiger partial charge in [0.15, 0.2) is 0 Å². The summed E-state index contributed by atoms with van der Waals surface area (Å²) in [5.74, 6) is 0. The molecule has 1 spiro atoms. The third-order valence-corrected chi connectivity index (χ3v) is 14.4. The van der Waals surface area contributed by atoms with Crippen LogP contribution in [0.25, 0.3) is 82.4 Å². The zero-order valence-electron chi connectivity index (χ0n) is 35.5. The third-order valence-electron chi connectivity index (χ3n) is 14.4. The van der Waals surface area contributed by atoms with E-state index in [4.69, 9.17) is 0 Å². The molecule has 0 aliphatic heterocycles. The van der Waals surface area contributed by atoms with Gasteiger partial charge in [-0.15, -0.1) is 0 Å². The first-order valence-electron chi connectivity index (χ1n) is 22.6. The summed E-state index contributed by atoms with van der Waals surface area (Å²) >= 11 is 0. The minimum Gasteiger partial charge on any atom is -0.310 e. The van der Waals surface area contributed by atoms with Crippen molar-refractivity contribution < 1.29 is 0 Å². The lowest BCUT2D eigenvalue weighted by atomic mass is 9.70. The van der Waals surface area contributed by atoms with Crippen LogP contribution in [0.15, 0.2) is 243 Å². The quantitative estimate of drug-likeness (QED) is 0.157. The number of rotatable bonds is 5. The largest absolute Gasteiger partial charge is 0.310 e. The summed E-state index contributed by atoms with van der Waals surface area (Å²) in [5.41, 5.74) is 19.5. The van der Waals surface area contributed by atoms with Crippen LogP contribution < -0.4 is 4.90 Å². The zero-order valence-corrected chi connectivity index (χ0v) is 35.5. The summed E-state index contributed by atoms with van der Waals surface area (Å²) in [7, 11) is 0. The molecule has 14 rings (SSSR count). The van der Waals surface area contributed by atoms with Crippen LogP contribution in [-0.2, 0) is 5.41 Å². The highest BCUT2D eigenvalue weighted by Gasteiger charge is 2.51. The fourth-order valence-corrected chi connectivity index (χ4v) is 11.7. The second kappa shape index (κ2) is 13.8. The number of anilines is 3. The highest BCUT2D eigenvalue weighted by atomic mass is 15.1. The van der Waals surface area contributed by atoms with E-state index in [9.17, 15) is 0 Å². The molecule has 0 radical (unpaired) electrons. The Hall–Kier alpha value is -8.46. The van der Waals surface area contributed by atoms with Crippen LogP contribution in [0.3, 0.4) is 0 Å². The first-order valence-corrected chi connectivity index (χ1v) is 22.6. The lowest BCUT2D eigenvalue weighted by Crippen LogP contribution is -2.26. The molecule has 2 aliphatic carbocycles. The lowest BCUT2D eigenvalue weighted by Gasteiger charge is -2.32. The summed E-state index contributed by atoms with van der Waals surface area (Å²) in [6.07, 6.45) is 0. The van der Waals surface area contributed by atoms with E-state index in [2.05, 4.69) is 252 Å². The molecule has 0 amide bonds. The summed E-state index contributed by atoms with van der Waals surface area (Å²) in [4.78, 5) is 2.41. The van der Waals surface area contributed by atoms with Gasteiger partial charge in [0.2, 0.25) is 0 Å². The fourth-order valence-electron chi connectivity index (χ4n) is 11.7. The van der Waals surface area contributed by atoms with Crippen LogP contribution >= 0.6 is 0 Å². The first kappa shape index (κ1) is 36.1. The second-order valence-electron chi connectivity index (χ2n) is 17.5. The highest BCUT2D eigenvalue weighted by Crippen LogP contribution is 2.63. The van der Waals surface area contributed by atoms with Gasteiger partial charge in [-0.25, -0.2) is 0 Å². The molecule has 2 aliphatic rings. The van der Waals surface area contributed by atoms with Crippen LogP contribution in [0.1, 0.15) is 22.3 Å². The maximum absolute atomic E-state index is 2.47. The predicted octanol–water partition coefficient (Wildman–Crippen LogP) is 16.6. The van der Waals surface area contributed by atoms with Crippen molar-refractivity contribution in [2.75, 3.05) is 4.90 Å². The minimum atomic E-state index is -0.409. The van der Waals surface area contributed by atoms with Gasteiger partial charge in [-0.05, 0) is 126 Å². The Bertz CT molecular complexity index is 3810. The van der Waals surface area contributed by atoms with Crippen LogP contribution in [0.4, 0.5) is 17.1 Å². The molecule has 1 aromatic heterocycles. The summed E-state index contributed by atoms with van der Waals surface area (Å²) in [5, 5.41) is 7.70. The number of aromatic nitrogens is 1. The van der Waals surface area contributed by atoms with E-state index >= 15 is 0 Å². The third kappa shape index (κ3) is 4.99. The molecule has 0 unspecified atom stereocenters. The van der Waals surface area contributed by atoms with Gasteiger partial charge in [0.25, 0.3) is 0 Å². The van der Waals surface area contributed by atoms with E-state index in [1.54, 1.807) is 0 Å². The number of nitrogens with zero attached hydrogens (tertiary/aromatic N) is 2. The Labute approximate surface area is 377 Å². The average molecular weight is 825 g/mol. The van der Waals surface area contributed by atoms with E-state index in [1.165, 1.54) is 99.0 Å². The number of fused-ring (bicyclic) bond motifs is 18. The number of benzene rings is 11. The predicted molar refractivity (Wildman–Crippen MR) is 272 cm³/mol. The van der Waals surface area contributed by atoms with Gasteiger partial charge in [-0.1, -0.05) is 188 Å². The molecule has 2 nitrogen and oxygen atoms in total. The van der Waals surface area contributed by atoms with Crippen molar-refractivity contribution in [3.05, 3.63) is 265 Å². The van der Waals surface area contributed by atoms with Gasteiger partial charge in [0.1, 0.15) is 0 Å². The van der Waals surface area contributed by atoms with Crippen molar-refractivity contribution in [1.29, 1.82) is 0 Å². The van der Waals surface area contributed by atoms with Crippen LogP contribution in [0.5, 0.6) is 0 Å². The maximum Gasteiger partial charge on any atom is 0.0726 e. The topological polar surface area (TPSA) is 8.17 Å².